The number of aryl methyl sites for hydroxylation is 2. The summed E-state index contributed by atoms with van der Waals surface area (Å²) in [7, 11) is 3.49. The molecule has 0 unspecified atom stereocenters. The zero-order chi connectivity index (χ0) is 24.2. The monoisotopic (exact) mass is 565 g/mol. The van der Waals surface area contributed by atoms with Crippen molar-refractivity contribution in [2.45, 2.75) is 57.5 Å². The summed E-state index contributed by atoms with van der Waals surface area (Å²) in [6, 6.07) is 8.45. The van der Waals surface area contributed by atoms with E-state index in [1.165, 1.54) is 16.7 Å². The molecule has 4 rings (SSSR count). The standard InChI is InChI=1S/C27H36BrN3O3.ClH/c1-18-20(5-4-12-34-3)13-19(14-25(18)28)17-31(22-6-7-22)27(33)24-16-29-10-8-23(24)21-9-11-30(2)26(32)15-21;/h9,11,13-15,22-24,29H,4-8,10,12,16-17H2,1-3H3;1H/t23-,24+;/m0./s1. The van der Waals surface area contributed by atoms with Crippen LogP contribution in [-0.4, -0.2) is 48.2 Å². The van der Waals surface area contributed by atoms with Gasteiger partial charge >= 0.3 is 0 Å². The molecule has 1 aliphatic carbocycles. The number of pyridine rings is 1. The van der Waals surface area contributed by atoms with Gasteiger partial charge in [0.2, 0.25) is 5.91 Å². The van der Waals surface area contributed by atoms with Crippen LogP contribution in [0.3, 0.4) is 0 Å². The Morgan fingerprint density at radius 1 is 1.26 bits per heavy atom. The van der Waals surface area contributed by atoms with Crippen LogP contribution in [-0.2, 0) is 29.5 Å². The number of carbonyl (C=O) groups excluding carboxylic acids is 1. The normalized spacial score (nSPS) is 19.8. The van der Waals surface area contributed by atoms with Crippen LogP contribution in [0.2, 0.25) is 0 Å². The minimum Gasteiger partial charge on any atom is -0.385 e. The van der Waals surface area contributed by atoms with E-state index in [1.807, 2.05) is 12.3 Å². The molecule has 0 spiro atoms. The number of hydrogen-bond donors (Lipinski definition) is 1. The quantitative estimate of drug-likeness (QED) is 0.459. The van der Waals surface area contributed by atoms with Crippen molar-refractivity contribution in [2.75, 3.05) is 26.8 Å². The molecule has 2 atom stereocenters. The Kier molecular flexibility index (Phi) is 9.99. The van der Waals surface area contributed by atoms with Gasteiger partial charge in [-0.3, -0.25) is 9.59 Å². The number of amides is 1. The summed E-state index contributed by atoms with van der Waals surface area (Å²) in [5.41, 5.74) is 4.69. The second-order valence-corrected chi connectivity index (χ2v) is 10.6. The summed E-state index contributed by atoms with van der Waals surface area (Å²) in [6.07, 6.45) is 6.74. The fraction of sp³-hybridized carbons (Fsp3) is 0.556. The summed E-state index contributed by atoms with van der Waals surface area (Å²) in [5.74, 6) is 0.118. The van der Waals surface area contributed by atoms with E-state index in [0.29, 0.717) is 19.1 Å². The number of methoxy groups -OCH3 is 1. The molecule has 2 aromatic rings. The molecular weight excluding hydrogens is 530 g/mol. The smallest absolute Gasteiger partial charge is 0.250 e. The number of hydrogen-bond acceptors (Lipinski definition) is 4. The highest BCUT2D eigenvalue weighted by Crippen LogP contribution is 2.36. The maximum absolute atomic E-state index is 13.9. The van der Waals surface area contributed by atoms with E-state index in [2.05, 4.69) is 45.2 Å². The fourth-order valence-electron chi connectivity index (χ4n) is 5.05. The van der Waals surface area contributed by atoms with Gasteiger partial charge in [0.1, 0.15) is 0 Å². The third-order valence-corrected chi connectivity index (χ3v) is 8.11. The number of aromatic nitrogens is 1. The lowest BCUT2D eigenvalue weighted by Crippen LogP contribution is -2.47. The van der Waals surface area contributed by atoms with Gasteiger partial charge in [-0.1, -0.05) is 22.0 Å². The van der Waals surface area contributed by atoms with Gasteiger partial charge in [-0.25, -0.2) is 0 Å². The second-order valence-electron chi connectivity index (χ2n) is 9.77. The number of benzene rings is 1. The number of nitrogens with one attached hydrogen (secondary N) is 1. The molecule has 192 valence electrons. The average Bonchev–Trinajstić information content (AvgIpc) is 3.67. The van der Waals surface area contributed by atoms with Crippen LogP contribution in [0, 0.1) is 12.8 Å². The minimum absolute atomic E-state index is 0. The molecule has 1 saturated carbocycles. The molecule has 35 heavy (non-hydrogen) atoms. The highest BCUT2D eigenvalue weighted by molar-refractivity contribution is 9.10. The lowest BCUT2D eigenvalue weighted by Gasteiger charge is -2.36. The zero-order valence-corrected chi connectivity index (χ0v) is 23.3. The van der Waals surface area contributed by atoms with Crippen LogP contribution in [0.15, 0.2) is 39.7 Å². The van der Waals surface area contributed by atoms with Gasteiger partial charge in [0.25, 0.3) is 5.56 Å². The van der Waals surface area contributed by atoms with Crippen LogP contribution in [0.5, 0.6) is 0 Å². The lowest BCUT2D eigenvalue weighted by molar-refractivity contribution is -0.138. The van der Waals surface area contributed by atoms with Crippen molar-refractivity contribution in [3.05, 3.63) is 67.5 Å². The zero-order valence-electron chi connectivity index (χ0n) is 20.9. The second kappa shape index (κ2) is 12.5. The predicted molar refractivity (Wildman–Crippen MR) is 145 cm³/mol. The third-order valence-electron chi connectivity index (χ3n) is 7.29. The van der Waals surface area contributed by atoms with E-state index in [4.69, 9.17) is 4.74 Å². The fourth-order valence-corrected chi connectivity index (χ4v) is 5.60. The Hall–Kier alpha value is -1.67. The Morgan fingerprint density at radius 3 is 2.71 bits per heavy atom. The van der Waals surface area contributed by atoms with Crippen LogP contribution in [0.25, 0.3) is 0 Å². The molecule has 0 bridgehead atoms. The van der Waals surface area contributed by atoms with Crippen molar-refractivity contribution >= 4 is 34.2 Å². The van der Waals surface area contributed by atoms with E-state index in [0.717, 1.165) is 55.3 Å². The van der Waals surface area contributed by atoms with Crippen molar-refractivity contribution in [1.82, 2.24) is 14.8 Å². The van der Waals surface area contributed by atoms with E-state index < -0.39 is 0 Å². The number of nitrogens with zero attached hydrogens (tertiary/aromatic N) is 2. The summed E-state index contributed by atoms with van der Waals surface area (Å²) in [5, 5.41) is 3.42. The van der Waals surface area contributed by atoms with Crippen molar-refractivity contribution < 1.29 is 9.53 Å². The van der Waals surface area contributed by atoms with Crippen molar-refractivity contribution in [3.8, 4) is 0 Å². The molecule has 1 saturated heterocycles. The van der Waals surface area contributed by atoms with Gasteiger partial charge in [0.05, 0.1) is 5.92 Å². The summed E-state index contributed by atoms with van der Waals surface area (Å²) < 4.78 is 7.91. The van der Waals surface area contributed by atoms with Crippen molar-refractivity contribution in [2.24, 2.45) is 13.0 Å². The number of rotatable bonds is 9. The van der Waals surface area contributed by atoms with Crippen LogP contribution in [0.4, 0.5) is 0 Å². The van der Waals surface area contributed by atoms with Crippen molar-refractivity contribution in [1.29, 1.82) is 0 Å². The first-order chi connectivity index (χ1) is 16.4. The topological polar surface area (TPSA) is 63.6 Å². The van der Waals surface area contributed by atoms with E-state index >= 15 is 0 Å². The molecule has 2 fully saturated rings. The average molecular weight is 567 g/mol. The van der Waals surface area contributed by atoms with Crippen LogP contribution < -0.4 is 10.9 Å². The van der Waals surface area contributed by atoms with Crippen LogP contribution in [0.1, 0.15) is 53.9 Å². The molecule has 1 aromatic carbocycles. The molecule has 1 aliphatic heterocycles. The van der Waals surface area contributed by atoms with E-state index in [-0.39, 0.29) is 35.7 Å². The lowest BCUT2D eigenvalue weighted by atomic mass is 9.80. The van der Waals surface area contributed by atoms with Gasteiger partial charge in [0, 0.05) is 56.6 Å². The number of halogens is 2. The first-order valence-corrected chi connectivity index (χ1v) is 13.1. The third kappa shape index (κ3) is 6.76. The van der Waals surface area contributed by atoms with Gasteiger partial charge in [0.15, 0.2) is 0 Å². The first-order valence-electron chi connectivity index (χ1n) is 12.3. The molecular formula is C27H37BrClN3O3. The number of piperidine rings is 1. The Balaban J connectivity index is 0.00000342. The summed E-state index contributed by atoms with van der Waals surface area (Å²) in [6.45, 7) is 5.03. The van der Waals surface area contributed by atoms with Crippen LogP contribution >= 0.6 is 28.3 Å². The molecule has 2 aliphatic rings. The summed E-state index contributed by atoms with van der Waals surface area (Å²) >= 11 is 3.74. The largest absolute Gasteiger partial charge is 0.385 e. The van der Waals surface area contributed by atoms with Crippen molar-refractivity contribution in [3.63, 3.8) is 0 Å². The predicted octanol–water partition coefficient (Wildman–Crippen LogP) is 4.34. The summed E-state index contributed by atoms with van der Waals surface area (Å²) in [4.78, 5) is 28.3. The van der Waals surface area contributed by atoms with Gasteiger partial charge < -0.3 is 19.5 Å². The molecule has 6 nitrogen and oxygen atoms in total. The number of ether oxygens (including phenoxy) is 1. The van der Waals surface area contributed by atoms with Gasteiger partial charge in [-0.15, -0.1) is 12.4 Å². The highest BCUT2D eigenvalue weighted by Gasteiger charge is 2.40. The maximum Gasteiger partial charge on any atom is 0.250 e. The highest BCUT2D eigenvalue weighted by atomic mass is 79.9. The number of carbonyl (C=O) groups is 1. The minimum atomic E-state index is -0.156. The Labute approximate surface area is 223 Å². The van der Waals surface area contributed by atoms with E-state index in [9.17, 15) is 9.59 Å². The molecule has 1 aromatic heterocycles. The maximum atomic E-state index is 13.9. The molecule has 1 amide bonds. The Morgan fingerprint density at radius 2 is 2.03 bits per heavy atom. The van der Waals surface area contributed by atoms with Gasteiger partial charge in [-0.2, -0.15) is 0 Å². The molecule has 2 heterocycles. The van der Waals surface area contributed by atoms with Gasteiger partial charge in [-0.05, 0) is 85.9 Å². The van der Waals surface area contributed by atoms with E-state index in [1.54, 1.807) is 24.8 Å². The molecule has 1 N–H and O–H groups in total. The first kappa shape index (κ1) is 27.9. The molecule has 0 radical (unpaired) electrons. The molecule has 8 heteroatoms. The SMILES string of the molecule is COCCCc1cc(CN(C(=O)[C@@H]2CNCC[C@H]2c2ccn(C)c(=O)c2)C2CC2)cc(Br)c1C.Cl. The Bertz CT molecular complexity index is 1090.